The molecule has 2 rings (SSSR count). The summed E-state index contributed by atoms with van der Waals surface area (Å²) in [5, 5.41) is 2.81. The van der Waals surface area contributed by atoms with E-state index in [0.717, 1.165) is 0 Å². The SMILES string of the molecule is COc1ccc(C(=O)NCCN(C(C)=O)c2ccccc2OC)cc1. The minimum atomic E-state index is -0.203. The summed E-state index contributed by atoms with van der Waals surface area (Å²) in [4.78, 5) is 25.7. The van der Waals surface area contributed by atoms with E-state index in [4.69, 9.17) is 9.47 Å². The molecule has 0 aromatic heterocycles. The molecule has 6 nitrogen and oxygen atoms in total. The molecule has 0 bridgehead atoms. The fourth-order valence-electron chi connectivity index (χ4n) is 2.43. The summed E-state index contributed by atoms with van der Waals surface area (Å²) in [6.07, 6.45) is 0. The van der Waals surface area contributed by atoms with Crippen LogP contribution in [0.25, 0.3) is 0 Å². The third-order valence-corrected chi connectivity index (χ3v) is 3.73. The van der Waals surface area contributed by atoms with Gasteiger partial charge < -0.3 is 19.7 Å². The van der Waals surface area contributed by atoms with E-state index < -0.39 is 0 Å². The van der Waals surface area contributed by atoms with Gasteiger partial charge in [-0.3, -0.25) is 9.59 Å². The molecular weight excluding hydrogens is 320 g/mol. The maximum Gasteiger partial charge on any atom is 0.251 e. The Morgan fingerprint density at radius 2 is 1.68 bits per heavy atom. The molecule has 25 heavy (non-hydrogen) atoms. The quantitative estimate of drug-likeness (QED) is 0.839. The van der Waals surface area contributed by atoms with Crippen LogP contribution in [0.15, 0.2) is 48.5 Å². The number of methoxy groups -OCH3 is 2. The number of carbonyl (C=O) groups is 2. The third-order valence-electron chi connectivity index (χ3n) is 3.73. The first-order chi connectivity index (χ1) is 12.1. The van der Waals surface area contributed by atoms with E-state index in [1.54, 1.807) is 49.5 Å². The van der Waals surface area contributed by atoms with Gasteiger partial charge in [0.2, 0.25) is 5.91 Å². The van der Waals surface area contributed by atoms with E-state index in [-0.39, 0.29) is 11.8 Å². The van der Waals surface area contributed by atoms with Crippen molar-refractivity contribution >= 4 is 17.5 Å². The predicted molar refractivity (Wildman–Crippen MR) is 96.3 cm³/mol. The number of para-hydroxylation sites is 2. The van der Waals surface area contributed by atoms with Crippen molar-refractivity contribution in [2.24, 2.45) is 0 Å². The van der Waals surface area contributed by atoms with Gasteiger partial charge in [0, 0.05) is 25.6 Å². The first-order valence-corrected chi connectivity index (χ1v) is 7.90. The Kier molecular flexibility index (Phi) is 6.39. The van der Waals surface area contributed by atoms with Gasteiger partial charge in [-0.1, -0.05) is 12.1 Å². The van der Waals surface area contributed by atoms with Crippen LogP contribution >= 0.6 is 0 Å². The Bertz CT molecular complexity index is 728. The highest BCUT2D eigenvalue weighted by Gasteiger charge is 2.16. The topological polar surface area (TPSA) is 67.9 Å². The van der Waals surface area contributed by atoms with E-state index in [2.05, 4.69) is 5.32 Å². The van der Waals surface area contributed by atoms with Crippen LogP contribution < -0.4 is 19.7 Å². The van der Waals surface area contributed by atoms with Crippen molar-refractivity contribution in [3.63, 3.8) is 0 Å². The predicted octanol–water partition coefficient (Wildman–Crippen LogP) is 2.49. The highest BCUT2D eigenvalue weighted by Crippen LogP contribution is 2.27. The number of hydrogen-bond donors (Lipinski definition) is 1. The van der Waals surface area contributed by atoms with Gasteiger partial charge in [-0.15, -0.1) is 0 Å². The number of hydrogen-bond acceptors (Lipinski definition) is 4. The van der Waals surface area contributed by atoms with Gasteiger partial charge in [-0.05, 0) is 36.4 Å². The number of nitrogens with zero attached hydrogens (tertiary/aromatic N) is 1. The van der Waals surface area contributed by atoms with Gasteiger partial charge >= 0.3 is 0 Å². The van der Waals surface area contributed by atoms with Gasteiger partial charge in [-0.25, -0.2) is 0 Å². The summed E-state index contributed by atoms with van der Waals surface area (Å²) in [5.74, 6) is 0.976. The molecule has 132 valence electrons. The first kappa shape index (κ1) is 18.3. The molecule has 0 aliphatic carbocycles. The van der Waals surface area contributed by atoms with E-state index in [0.29, 0.717) is 35.8 Å². The Balaban J connectivity index is 1.99. The summed E-state index contributed by atoms with van der Waals surface area (Å²) in [5.41, 5.74) is 1.21. The maximum absolute atomic E-state index is 12.2. The molecule has 0 saturated carbocycles. The standard InChI is InChI=1S/C19H22N2O4/c1-14(22)21(17-6-4-5-7-18(17)25-3)13-12-20-19(23)15-8-10-16(24-2)11-9-15/h4-11H,12-13H2,1-3H3,(H,20,23). The maximum atomic E-state index is 12.2. The zero-order valence-electron chi connectivity index (χ0n) is 14.6. The summed E-state index contributed by atoms with van der Waals surface area (Å²) in [7, 11) is 3.13. The average Bonchev–Trinajstić information content (AvgIpc) is 2.65. The summed E-state index contributed by atoms with van der Waals surface area (Å²) >= 11 is 0. The average molecular weight is 342 g/mol. The molecule has 0 spiro atoms. The summed E-state index contributed by atoms with van der Waals surface area (Å²) < 4.78 is 10.4. The smallest absolute Gasteiger partial charge is 0.251 e. The Hall–Kier alpha value is -3.02. The first-order valence-electron chi connectivity index (χ1n) is 7.90. The van der Waals surface area contributed by atoms with Crippen molar-refractivity contribution in [3.05, 3.63) is 54.1 Å². The van der Waals surface area contributed by atoms with Gasteiger partial charge in [0.15, 0.2) is 0 Å². The molecule has 0 radical (unpaired) electrons. The molecule has 0 saturated heterocycles. The highest BCUT2D eigenvalue weighted by atomic mass is 16.5. The third kappa shape index (κ3) is 4.73. The van der Waals surface area contributed by atoms with Crippen LogP contribution in [0.3, 0.4) is 0 Å². The van der Waals surface area contributed by atoms with Crippen molar-refractivity contribution in [2.45, 2.75) is 6.92 Å². The van der Waals surface area contributed by atoms with Crippen molar-refractivity contribution in [1.29, 1.82) is 0 Å². The molecule has 0 fully saturated rings. The molecule has 1 N–H and O–H groups in total. The number of anilines is 1. The number of carbonyl (C=O) groups excluding carboxylic acids is 2. The number of nitrogens with one attached hydrogen (secondary N) is 1. The normalized spacial score (nSPS) is 10.0. The van der Waals surface area contributed by atoms with Crippen molar-refractivity contribution < 1.29 is 19.1 Å². The van der Waals surface area contributed by atoms with Crippen LogP contribution in [0, 0.1) is 0 Å². The second kappa shape index (κ2) is 8.73. The highest BCUT2D eigenvalue weighted by molar-refractivity contribution is 5.95. The number of benzene rings is 2. The van der Waals surface area contributed by atoms with Crippen LogP contribution in [0.5, 0.6) is 11.5 Å². The minimum absolute atomic E-state index is 0.122. The molecule has 2 aromatic carbocycles. The largest absolute Gasteiger partial charge is 0.497 e. The van der Waals surface area contributed by atoms with Crippen LogP contribution in [0.1, 0.15) is 17.3 Å². The van der Waals surface area contributed by atoms with Crippen molar-refractivity contribution in [1.82, 2.24) is 5.32 Å². The lowest BCUT2D eigenvalue weighted by Gasteiger charge is -2.23. The minimum Gasteiger partial charge on any atom is -0.497 e. The lowest BCUT2D eigenvalue weighted by atomic mass is 10.2. The summed E-state index contributed by atoms with van der Waals surface area (Å²) in [6, 6.07) is 14.1. The molecule has 2 amide bonds. The van der Waals surface area contributed by atoms with Crippen LogP contribution in [0.2, 0.25) is 0 Å². The van der Waals surface area contributed by atoms with Crippen LogP contribution in [-0.2, 0) is 4.79 Å². The van der Waals surface area contributed by atoms with Crippen LogP contribution in [0.4, 0.5) is 5.69 Å². The Morgan fingerprint density at radius 3 is 2.28 bits per heavy atom. The van der Waals surface area contributed by atoms with Crippen molar-refractivity contribution in [3.8, 4) is 11.5 Å². The fourth-order valence-corrected chi connectivity index (χ4v) is 2.43. The van der Waals surface area contributed by atoms with E-state index in [1.807, 2.05) is 18.2 Å². The van der Waals surface area contributed by atoms with Gasteiger partial charge in [-0.2, -0.15) is 0 Å². The van der Waals surface area contributed by atoms with Gasteiger partial charge in [0.25, 0.3) is 5.91 Å². The molecule has 0 atom stereocenters. The second-order valence-electron chi connectivity index (χ2n) is 5.33. The molecule has 0 heterocycles. The molecular formula is C19H22N2O4. The molecule has 0 aliphatic rings. The fraction of sp³-hybridized carbons (Fsp3) is 0.263. The van der Waals surface area contributed by atoms with Gasteiger partial charge in [0.05, 0.1) is 19.9 Å². The molecule has 6 heteroatoms. The van der Waals surface area contributed by atoms with E-state index >= 15 is 0 Å². The Morgan fingerprint density at radius 1 is 1.00 bits per heavy atom. The zero-order valence-corrected chi connectivity index (χ0v) is 14.6. The Labute approximate surface area is 147 Å². The van der Waals surface area contributed by atoms with Crippen molar-refractivity contribution in [2.75, 3.05) is 32.2 Å². The zero-order chi connectivity index (χ0) is 18.2. The van der Waals surface area contributed by atoms with Gasteiger partial charge in [0.1, 0.15) is 11.5 Å². The molecule has 0 aliphatic heterocycles. The second-order valence-corrected chi connectivity index (χ2v) is 5.33. The van der Waals surface area contributed by atoms with E-state index in [1.165, 1.54) is 6.92 Å². The number of amides is 2. The lowest BCUT2D eigenvalue weighted by Crippen LogP contribution is -2.37. The number of ether oxygens (including phenoxy) is 2. The molecule has 2 aromatic rings. The monoisotopic (exact) mass is 342 g/mol. The van der Waals surface area contributed by atoms with E-state index in [9.17, 15) is 9.59 Å². The molecule has 0 unspecified atom stereocenters. The number of rotatable bonds is 7. The van der Waals surface area contributed by atoms with Crippen LogP contribution in [-0.4, -0.2) is 39.1 Å². The lowest BCUT2D eigenvalue weighted by molar-refractivity contribution is -0.116. The summed E-state index contributed by atoms with van der Waals surface area (Å²) in [6.45, 7) is 2.15.